The summed E-state index contributed by atoms with van der Waals surface area (Å²) in [7, 11) is 0. The van der Waals surface area contributed by atoms with Crippen LogP contribution in [0.2, 0.25) is 0 Å². The van der Waals surface area contributed by atoms with Crippen molar-refractivity contribution in [1.82, 2.24) is 4.98 Å². The normalized spacial score (nSPS) is 11.0. The summed E-state index contributed by atoms with van der Waals surface area (Å²) in [5, 5.41) is 12.8. The maximum Gasteiger partial charge on any atom is 0.209 e. The van der Waals surface area contributed by atoms with Crippen LogP contribution >= 0.6 is 11.3 Å². The van der Waals surface area contributed by atoms with Gasteiger partial charge in [-0.05, 0) is 19.1 Å². The number of hydrogen-bond donors (Lipinski definition) is 1. The number of ether oxygens (including phenoxy) is 1. The van der Waals surface area contributed by atoms with Crippen LogP contribution in [-0.4, -0.2) is 22.9 Å². The molecular weight excluding hydrogens is 308 g/mol. The number of rotatable bonds is 5. The lowest BCUT2D eigenvalue weighted by molar-refractivity contribution is 0.318. The highest BCUT2D eigenvalue weighted by Crippen LogP contribution is 2.30. The highest BCUT2D eigenvalue weighted by molar-refractivity contribution is 7.13. The van der Waals surface area contributed by atoms with Crippen molar-refractivity contribution >= 4 is 22.7 Å². The van der Waals surface area contributed by atoms with Crippen molar-refractivity contribution in [3.8, 4) is 22.8 Å². The van der Waals surface area contributed by atoms with E-state index in [4.69, 9.17) is 4.74 Å². The minimum Gasteiger partial charge on any atom is -0.504 e. The van der Waals surface area contributed by atoms with Crippen LogP contribution in [0.25, 0.3) is 11.3 Å². The maximum atomic E-state index is 10.1. The van der Waals surface area contributed by atoms with Crippen molar-refractivity contribution < 1.29 is 9.84 Å². The largest absolute Gasteiger partial charge is 0.504 e. The average Bonchev–Trinajstić information content (AvgIpc) is 3.06. The van der Waals surface area contributed by atoms with Gasteiger partial charge in [0.15, 0.2) is 11.5 Å². The van der Waals surface area contributed by atoms with E-state index in [1.165, 1.54) is 11.3 Å². The maximum absolute atomic E-state index is 10.1. The zero-order chi connectivity index (χ0) is 16.1. The lowest BCUT2D eigenvalue weighted by atomic mass is 10.2. The molecule has 1 aromatic heterocycles. The highest BCUT2D eigenvalue weighted by Gasteiger charge is 2.07. The molecule has 0 aliphatic rings. The van der Waals surface area contributed by atoms with Gasteiger partial charge in [0.25, 0.3) is 0 Å². The summed E-state index contributed by atoms with van der Waals surface area (Å²) in [6, 6.07) is 15.3. The number of benzene rings is 2. The summed E-state index contributed by atoms with van der Waals surface area (Å²) in [4.78, 5) is 8.84. The van der Waals surface area contributed by atoms with E-state index >= 15 is 0 Å². The minimum atomic E-state index is 0.0953. The van der Waals surface area contributed by atoms with E-state index in [9.17, 15) is 5.11 Å². The van der Waals surface area contributed by atoms with Gasteiger partial charge in [0.05, 0.1) is 12.3 Å². The Hall–Kier alpha value is -2.66. The molecule has 4 nitrogen and oxygen atoms in total. The molecule has 1 heterocycles. The average molecular weight is 324 g/mol. The van der Waals surface area contributed by atoms with E-state index in [0.717, 1.165) is 11.3 Å². The van der Waals surface area contributed by atoms with Crippen molar-refractivity contribution in [3.05, 3.63) is 59.5 Å². The van der Waals surface area contributed by atoms with Gasteiger partial charge in [0.1, 0.15) is 0 Å². The van der Waals surface area contributed by atoms with E-state index in [1.807, 2.05) is 48.7 Å². The van der Waals surface area contributed by atoms with Crippen LogP contribution in [0.5, 0.6) is 11.5 Å². The van der Waals surface area contributed by atoms with Gasteiger partial charge >= 0.3 is 0 Å². The Kier molecular flexibility index (Phi) is 4.68. The first-order valence-electron chi connectivity index (χ1n) is 7.27. The first-order chi connectivity index (χ1) is 11.3. The van der Waals surface area contributed by atoms with Gasteiger partial charge in [-0.3, -0.25) is 0 Å². The van der Waals surface area contributed by atoms with Gasteiger partial charge < -0.3 is 9.84 Å². The summed E-state index contributed by atoms with van der Waals surface area (Å²) >= 11 is 1.46. The SMILES string of the molecule is CCOc1cccc(C=Nc2nc(-c3ccccc3)cs2)c1O. The summed E-state index contributed by atoms with van der Waals surface area (Å²) < 4.78 is 5.37. The summed E-state index contributed by atoms with van der Waals surface area (Å²) in [6.45, 7) is 2.38. The monoisotopic (exact) mass is 324 g/mol. The molecule has 0 saturated heterocycles. The summed E-state index contributed by atoms with van der Waals surface area (Å²) in [5.74, 6) is 0.554. The van der Waals surface area contributed by atoms with Gasteiger partial charge in [0, 0.05) is 22.7 Å². The van der Waals surface area contributed by atoms with Crippen molar-refractivity contribution in [3.63, 3.8) is 0 Å². The first-order valence-corrected chi connectivity index (χ1v) is 8.15. The Bertz CT molecular complexity index is 813. The lowest BCUT2D eigenvalue weighted by Crippen LogP contribution is -1.93. The van der Waals surface area contributed by atoms with Gasteiger partial charge in [-0.1, -0.05) is 36.4 Å². The zero-order valence-corrected chi connectivity index (χ0v) is 13.5. The molecule has 5 heteroatoms. The summed E-state index contributed by atoms with van der Waals surface area (Å²) in [5.41, 5.74) is 2.56. The van der Waals surface area contributed by atoms with E-state index in [0.29, 0.717) is 23.1 Å². The Morgan fingerprint density at radius 1 is 1.17 bits per heavy atom. The molecule has 0 bridgehead atoms. The van der Waals surface area contributed by atoms with Crippen LogP contribution in [0, 0.1) is 0 Å². The number of phenolic OH excluding ortho intramolecular Hbond substituents is 1. The molecule has 1 N–H and O–H groups in total. The van der Waals surface area contributed by atoms with E-state index in [2.05, 4.69) is 9.98 Å². The van der Waals surface area contributed by atoms with Crippen LogP contribution in [0.4, 0.5) is 5.13 Å². The smallest absolute Gasteiger partial charge is 0.209 e. The number of hydrogen-bond acceptors (Lipinski definition) is 5. The van der Waals surface area contributed by atoms with E-state index < -0.39 is 0 Å². The second-order valence-corrected chi connectivity index (χ2v) is 5.60. The minimum absolute atomic E-state index is 0.0953. The highest BCUT2D eigenvalue weighted by atomic mass is 32.1. The second-order valence-electron chi connectivity index (χ2n) is 4.77. The van der Waals surface area contributed by atoms with Gasteiger partial charge in [-0.15, -0.1) is 11.3 Å². The first kappa shape index (κ1) is 15.2. The number of aromatic nitrogens is 1. The molecule has 0 saturated carbocycles. The number of thiazole rings is 1. The van der Waals surface area contributed by atoms with E-state index in [1.54, 1.807) is 18.3 Å². The molecule has 0 unspecified atom stereocenters. The molecule has 0 fully saturated rings. The molecule has 0 amide bonds. The third-order valence-electron chi connectivity index (χ3n) is 3.21. The third kappa shape index (κ3) is 3.57. The van der Waals surface area contributed by atoms with Gasteiger partial charge in [-0.25, -0.2) is 9.98 Å². The number of aliphatic imine (C=N–C) groups is 1. The molecule has 23 heavy (non-hydrogen) atoms. The number of nitrogens with zero attached hydrogens (tertiary/aromatic N) is 2. The second kappa shape index (κ2) is 7.07. The fourth-order valence-corrected chi connectivity index (χ4v) is 2.78. The number of phenols is 1. The Morgan fingerprint density at radius 2 is 2.00 bits per heavy atom. The third-order valence-corrected chi connectivity index (χ3v) is 3.95. The van der Waals surface area contributed by atoms with Crippen molar-refractivity contribution in [2.24, 2.45) is 4.99 Å². The molecule has 3 aromatic rings. The van der Waals surface area contributed by atoms with Gasteiger partial charge in [0.2, 0.25) is 5.13 Å². The fraction of sp³-hybridized carbons (Fsp3) is 0.111. The molecule has 0 aliphatic carbocycles. The molecule has 0 spiro atoms. The predicted molar refractivity (Wildman–Crippen MR) is 94.1 cm³/mol. The molecule has 0 aliphatic heterocycles. The van der Waals surface area contributed by atoms with Crippen LogP contribution in [0.3, 0.4) is 0 Å². The number of para-hydroxylation sites is 1. The Morgan fingerprint density at radius 3 is 2.78 bits per heavy atom. The molecule has 0 atom stereocenters. The van der Waals surface area contributed by atoms with Crippen LogP contribution < -0.4 is 4.74 Å². The van der Waals surface area contributed by atoms with Crippen LogP contribution in [-0.2, 0) is 0 Å². The topological polar surface area (TPSA) is 54.7 Å². The lowest BCUT2D eigenvalue weighted by Gasteiger charge is -2.06. The zero-order valence-electron chi connectivity index (χ0n) is 12.6. The molecule has 2 aromatic carbocycles. The van der Waals surface area contributed by atoms with Crippen molar-refractivity contribution in [1.29, 1.82) is 0 Å². The molecule has 0 radical (unpaired) electrons. The fourth-order valence-electron chi connectivity index (χ4n) is 2.11. The van der Waals surface area contributed by atoms with Crippen molar-refractivity contribution in [2.75, 3.05) is 6.61 Å². The molecular formula is C18H16N2O2S. The Balaban J connectivity index is 1.81. The standard InChI is InChI=1S/C18H16N2O2S/c1-2-22-16-10-6-9-14(17(16)21)11-19-18-20-15(12-23-18)13-7-4-3-5-8-13/h3-12,21H,2H2,1H3. The molecule has 3 rings (SSSR count). The Labute approximate surface area is 138 Å². The quantitative estimate of drug-likeness (QED) is 0.694. The number of aromatic hydroxyl groups is 1. The summed E-state index contributed by atoms with van der Waals surface area (Å²) in [6.07, 6.45) is 1.60. The predicted octanol–water partition coefficient (Wildman–Crippen LogP) is 4.67. The van der Waals surface area contributed by atoms with Crippen LogP contribution in [0.1, 0.15) is 12.5 Å². The molecule has 116 valence electrons. The van der Waals surface area contributed by atoms with Crippen LogP contribution in [0.15, 0.2) is 58.9 Å². The van der Waals surface area contributed by atoms with Gasteiger partial charge in [-0.2, -0.15) is 0 Å². The van der Waals surface area contributed by atoms with E-state index in [-0.39, 0.29) is 5.75 Å². The van der Waals surface area contributed by atoms with Crippen molar-refractivity contribution in [2.45, 2.75) is 6.92 Å².